The molecule has 0 saturated carbocycles. The molecule has 0 atom stereocenters. The highest BCUT2D eigenvalue weighted by molar-refractivity contribution is 5.66. The number of nitrogens with two attached hydrogens (primary N) is 1. The minimum Gasteiger partial charge on any atom is -0.396 e. The average molecular weight is 230 g/mol. The Kier molecular flexibility index (Phi) is 2.21. The fourth-order valence-corrected chi connectivity index (χ4v) is 2.05. The summed E-state index contributed by atoms with van der Waals surface area (Å²) in [7, 11) is 0. The standard InChI is InChI=1S/C11H14N6/c1-8-2-3-13-11(10(8)12)16-4-5-17-7-14-15-9(17)6-16/h2-3,7H,4-6,12H2,1H3. The molecule has 0 bridgehead atoms. The molecule has 0 radical (unpaired) electrons. The second kappa shape index (κ2) is 3.73. The van der Waals surface area contributed by atoms with Gasteiger partial charge in [-0.15, -0.1) is 10.2 Å². The fourth-order valence-electron chi connectivity index (χ4n) is 2.05. The van der Waals surface area contributed by atoms with E-state index >= 15 is 0 Å². The van der Waals surface area contributed by atoms with Crippen molar-refractivity contribution in [3.05, 3.63) is 30.0 Å². The summed E-state index contributed by atoms with van der Waals surface area (Å²) in [4.78, 5) is 6.51. The minimum absolute atomic E-state index is 0.709. The van der Waals surface area contributed by atoms with Crippen LogP contribution < -0.4 is 10.6 Å². The van der Waals surface area contributed by atoms with Gasteiger partial charge in [0.25, 0.3) is 0 Å². The van der Waals surface area contributed by atoms with Crippen LogP contribution in [0.5, 0.6) is 0 Å². The Balaban J connectivity index is 1.94. The first-order chi connectivity index (χ1) is 8.25. The van der Waals surface area contributed by atoms with Crippen LogP contribution in [0.3, 0.4) is 0 Å². The van der Waals surface area contributed by atoms with Crippen LogP contribution in [0, 0.1) is 6.92 Å². The quantitative estimate of drug-likeness (QED) is 0.776. The summed E-state index contributed by atoms with van der Waals surface area (Å²) in [5.41, 5.74) is 7.87. The van der Waals surface area contributed by atoms with Gasteiger partial charge in [0.05, 0.1) is 12.2 Å². The maximum absolute atomic E-state index is 6.06. The number of fused-ring (bicyclic) bond motifs is 1. The Morgan fingerprint density at radius 1 is 1.35 bits per heavy atom. The maximum Gasteiger partial charge on any atom is 0.152 e. The lowest BCUT2D eigenvalue weighted by Gasteiger charge is -2.29. The first kappa shape index (κ1) is 10.1. The monoisotopic (exact) mass is 230 g/mol. The number of nitrogens with zero attached hydrogens (tertiary/aromatic N) is 5. The van der Waals surface area contributed by atoms with Crippen molar-refractivity contribution in [1.29, 1.82) is 0 Å². The van der Waals surface area contributed by atoms with E-state index < -0.39 is 0 Å². The predicted octanol–water partition coefficient (Wildman–Crippen LogP) is 0.584. The highest BCUT2D eigenvalue weighted by Crippen LogP contribution is 2.25. The number of hydrogen-bond donors (Lipinski definition) is 1. The molecule has 0 aromatic carbocycles. The molecule has 88 valence electrons. The van der Waals surface area contributed by atoms with Gasteiger partial charge in [0, 0.05) is 19.3 Å². The summed E-state index contributed by atoms with van der Waals surface area (Å²) in [6, 6.07) is 1.92. The van der Waals surface area contributed by atoms with Gasteiger partial charge < -0.3 is 15.2 Å². The van der Waals surface area contributed by atoms with Crippen LogP contribution in [0.15, 0.2) is 18.6 Å². The lowest BCUT2D eigenvalue weighted by molar-refractivity contribution is 0.556. The summed E-state index contributed by atoms with van der Waals surface area (Å²) >= 11 is 0. The third kappa shape index (κ3) is 1.61. The Morgan fingerprint density at radius 2 is 2.24 bits per heavy atom. The van der Waals surface area contributed by atoms with Crippen LogP contribution in [0.1, 0.15) is 11.4 Å². The van der Waals surface area contributed by atoms with E-state index in [2.05, 4.69) is 24.6 Å². The third-order valence-electron chi connectivity index (χ3n) is 3.13. The molecule has 6 nitrogen and oxygen atoms in total. The number of aromatic nitrogens is 4. The van der Waals surface area contributed by atoms with Gasteiger partial charge >= 0.3 is 0 Å². The molecule has 17 heavy (non-hydrogen) atoms. The van der Waals surface area contributed by atoms with Crippen molar-refractivity contribution >= 4 is 11.5 Å². The van der Waals surface area contributed by atoms with Gasteiger partial charge in [-0.3, -0.25) is 0 Å². The average Bonchev–Trinajstić information content (AvgIpc) is 2.79. The van der Waals surface area contributed by atoms with E-state index in [1.54, 1.807) is 12.5 Å². The Morgan fingerprint density at radius 3 is 3.12 bits per heavy atom. The largest absolute Gasteiger partial charge is 0.396 e. The molecule has 2 aromatic rings. The summed E-state index contributed by atoms with van der Waals surface area (Å²) in [6.45, 7) is 4.46. The topological polar surface area (TPSA) is 72.9 Å². The predicted molar refractivity (Wildman–Crippen MR) is 64.5 cm³/mol. The number of pyridine rings is 1. The SMILES string of the molecule is Cc1ccnc(N2CCn3cnnc3C2)c1N. The molecule has 0 saturated heterocycles. The number of hydrogen-bond acceptors (Lipinski definition) is 5. The van der Waals surface area contributed by atoms with Crippen molar-refractivity contribution < 1.29 is 0 Å². The molecule has 0 spiro atoms. The number of rotatable bonds is 1. The van der Waals surface area contributed by atoms with Gasteiger partial charge in [-0.25, -0.2) is 4.98 Å². The van der Waals surface area contributed by atoms with Crippen molar-refractivity contribution in [3.8, 4) is 0 Å². The summed E-state index contributed by atoms with van der Waals surface area (Å²) in [5, 5.41) is 7.99. The van der Waals surface area contributed by atoms with E-state index in [1.807, 2.05) is 13.0 Å². The Bertz CT molecular complexity index is 547. The number of anilines is 2. The van der Waals surface area contributed by atoms with E-state index in [1.165, 1.54) is 0 Å². The second-order valence-corrected chi connectivity index (χ2v) is 4.23. The molecular weight excluding hydrogens is 216 g/mol. The maximum atomic E-state index is 6.06. The normalized spacial score (nSPS) is 14.8. The third-order valence-corrected chi connectivity index (χ3v) is 3.13. The minimum atomic E-state index is 0.709. The highest BCUT2D eigenvalue weighted by Gasteiger charge is 2.20. The zero-order chi connectivity index (χ0) is 11.8. The molecule has 0 unspecified atom stereocenters. The molecule has 1 aliphatic rings. The Labute approximate surface area is 99.1 Å². The fraction of sp³-hybridized carbons (Fsp3) is 0.364. The first-order valence-corrected chi connectivity index (χ1v) is 5.58. The Hall–Kier alpha value is -2.11. The van der Waals surface area contributed by atoms with Crippen LogP contribution in [0.4, 0.5) is 11.5 Å². The lowest BCUT2D eigenvalue weighted by atomic mass is 10.2. The van der Waals surface area contributed by atoms with E-state index in [0.717, 1.165) is 36.0 Å². The van der Waals surface area contributed by atoms with Gasteiger partial charge in [-0.05, 0) is 18.6 Å². The molecule has 0 amide bonds. The summed E-state index contributed by atoms with van der Waals surface area (Å²) in [5.74, 6) is 1.80. The van der Waals surface area contributed by atoms with Crippen molar-refractivity contribution in [2.75, 3.05) is 17.2 Å². The van der Waals surface area contributed by atoms with Gasteiger partial charge in [-0.2, -0.15) is 0 Å². The molecular formula is C11H14N6. The molecule has 3 rings (SSSR count). The van der Waals surface area contributed by atoms with Gasteiger partial charge in [0.1, 0.15) is 6.33 Å². The van der Waals surface area contributed by atoms with Gasteiger partial charge in [0.15, 0.2) is 11.6 Å². The molecule has 0 fully saturated rings. The highest BCUT2D eigenvalue weighted by atomic mass is 15.3. The van der Waals surface area contributed by atoms with Gasteiger partial charge in [-0.1, -0.05) is 0 Å². The zero-order valence-electron chi connectivity index (χ0n) is 9.67. The molecule has 3 heterocycles. The molecule has 2 aromatic heterocycles. The van der Waals surface area contributed by atoms with E-state index in [-0.39, 0.29) is 0 Å². The molecule has 0 aliphatic carbocycles. The van der Waals surface area contributed by atoms with Crippen molar-refractivity contribution in [3.63, 3.8) is 0 Å². The smallest absolute Gasteiger partial charge is 0.152 e. The van der Waals surface area contributed by atoms with Crippen LogP contribution in [0.2, 0.25) is 0 Å². The molecule has 2 N–H and O–H groups in total. The van der Waals surface area contributed by atoms with E-state index in [9.17, 15) is 0 Å². The van der Waals surface area contributed by atoms with Crippen molar-refractivity contribution in [2.45, 2.75) is 20.0 Å². The summed E-state index contributed by atoms with van der Waals surface area (Å²) in [6.07, 6.45) is 3.56. The van der Waals surface area contributed by atoms with Crippen molar-refractivity contribution in [2.24, 2.45) is 0 Å². The van der Waals surface area contributed by atoms with Crippen LogP contribution in [-0.2, 0) is 13.1 Å². The number of aryl methyl sites for hydroxylation is 1. The summed E-state index contributed by atoms with van der Waals surface area (Å²) < 4.78 is 2.06. The number of nitrogen functional groups attached to an aromatic ring is 1. The first-order valence-electron chi connectivity index (χ1n) is 5.58. The van der Waals surface area contributed by atoms with Crippen LogP contribution in [0.25, 0.3) is 0 Å². The second-order valence-electron chi connectivity index (χ2n) is 4.23. The van der Waals surface area contributed by atoms with Crippen LogP contribution in [-0.4, -0.2) is 26.3 Å². The van der Waals surface area contributed by atoms with E-state index in [0.29, 0.717) is 6.54 Å². The van der Waals surface area contributed by atoms with Gasteiger partial charge in [0.2, 0.25) is 0 Å². The van der Waals surface area contributed by atoms with Crippen molar-refractivity contribution in [1.82, 2.24) is 19.7 Å². The zero-order valence-corrected chi connectivity index (χ0v) is 9.67. The van der Waals surface area contributed by atoms with E-state index in [4.69, 9.17) is 5.73 Å². The van der Waals surface area contributed by atoms with Crippen LogP contribution >= 0.6 is 0 Å². The molecule has 1 aliphatic heterocycles. The molecule has 6 heteroatoms. The lowest BCUT2D eigenvalue weighted by Crippen LogP contribution is -2.34.